The highest BCUT2D eigenvalue weighted by molar-refractivity contribution is 5.98. The lowest BCUT2D eigenvalue weighted by atomic mass is 10.0. The SMILES string of the molecule is COc1ccnc(C(=O)N[C@@H](C)C(=O)O[C@@H](C)[C@H](Oc2cc(F)ccc2F)C(C)C)c1OCOC(C)=O. The topological polar surface area (TPSA) is 122 Å². The molecule has 12 heteroatoms. The Morgan fingerprint density at radius 2 is 1.76 bits per heavy atom. The molecule has 0 saturated heterocycles. The van der Waals surface area contributed by atoms with Gasteiger partial charge in [-0.05, 0) is 31.9 Å². The van der Waals surface area contributed by atoms with Crippen molar-refractivity contribution in [3.05, 3.63) is 47.8 Å². The predicted octanol–water partition coefficient (Wildman–Crippen LogP) is 3.42. The number of hydrogen-bond acceptors (Lipinski definition) is 9. The van der Waals surface area contributed by atoms with Crippen LogP contribution in [0.1, 0.15) is 45.1 Å². The number of nitrogens with zero attached hydrogens (tertiary/aromatic N) is 1. The molecule has 0 aliphatic heterocycles. The highest BCUT2D eigenvalue weighted by atomic mass is 19.1. The van der Waals surface area contributed by atoms with Gasteiger partial charge in [0.15, 0.2) is 28.8 Å². The van der Waals surface area contributed by atoms with Crippen LogP contribution in [0.15, 0.2) is 30.5 Å². The summed E-state index contributed by atoms with van der Waals surface area (Å²) < 4.78 is 53.9. The zero-order valence-corrected chi connectivity index (χ0v) is 21.4. The molecule has 1 N–H and O–H groups in total. The van der Waals surface area contributed by atoms with Gasteiger partial charge >= 0.3 is 11.9 Å². The van der Waals surface area contributed by atoms with Gasteiger partial charge in [-0.15, -0.1) is 0 Å². The number of carbonyl (C=O) groups is 3. The zero-order valence-electron chi connectivity index (χ0n) is 21.4. The molecule has 0 aliphatic carbocycles. The molecular weight excluding hydrogens is 494 g/mol. The number of carbonyl (C=O) groups excluding carboxylic acids is 3. The molecule has 0 bridgehead atoms. The van der Waals surface area contributed by atoms with Crippen LogP contribution in [0.4, 0.5) is 8.78 Å². The third-order valence-corrected chi connectivity index (χ3v) is 5.05. The molecule has 202 valence electrons. The van der Waals surface area contributed by atoms with Crippen molar-refractivity contribution in [3.8, 4) is 17.2 Å². The van der Waals surface area contributed by atoms with Gasteiger partial charge in [-0.3, -0.25) is 9.59 Å². The molecule has 37 heavy (non-hydrogen) atoms. The fraction of sp³-hybridized carbons (Fsp3) is 0.440. The number of esters is 2. The first-order valence-electron chi connectivity index (χ1n) is 11.4. The minimum Gasteiger partial charge on any atom is -0.493 e. The molecule has 1 aromatic carbocycles. The van der Waals surface area contributed by atoms with Crippen LogP contribution in [0.25, 0.3) is 0 Å². The van der Waals surface area contributed by atoms with Crippen molar-refractivity contribution < 1.29 is 46.8 Å². The quantitative estimate of drug-likeness (QED) is 0.329. The summed E-state index contributed by atoms with van der Waals surface area (Å²) in [5.74, 6) is -4.12. The standard InChI is InChI=1S/C25H30F2N2O8/c1-13(2)22(37-20-11-17(26)7-8-18(20)27)15(4)36-25(32)14(3)29-24(31)21-23(35-12-34-16(5)30)19(33-6)9-10-28-21/h7-11,13-15,22H,12H2,1-6H3,(H,29,31)/t14-,15-,22+/m0/s1. The van der Waals surface area contributed by atoms with E-state index in [1.54, 1.807) is 20.8 Å². The van der Waals surface area contributed by atoms with E-state index in [0.717, 1.165) is 18.2 Å². The smallest absolute Gasteiger partial charge is 0.328 e. The Balaban J connectivity index is 2.09. The first-order chi connectivity index (χ1) is 17.4. The molecule has 3 atom stereocenters. The molecule has 1 aromatic heterocycles. The van der Waals surface area contributed by atoms with Gasteiger partial charge in [0.25, 0.3) is 5.91 Å². The Hall–Kier alpha value is -3.96. The molecule has 0 radical (unpaired) electrons. The van der Waals surface area contributed by atoms with Crippen LogP contribution in [0, 0.1) is 17.6 Å². The Morgan fingerprint density at radius 3 is 2.38 bits per heavy atom. The van der Waals surface area contributed by atoms with Crippen LogP contribution < -0.4 is 19.5 Å². The summed E-state index contributed by atoms with van der Waals surface area (Å²) in [6, 6.07) is 3.11. The van der Waals surface area contributed by atoms with E-state index in [0.29, 0.717) is 0 Å². The number of hydrogen-bond donors (Lipinski definition) is 1. The van der Waals surface area contributed by atoms with Crippen LogP contribution in [-0.2, 0) is 19.1 Å². The highest BCUT2D eigenvalue weighted by Gasteiger charge is 2.30. The molecule has 0 aliphatic rings. The minimum atomic E-state index is -1.14. The number of pyridine rings is 1. The molecule has 0 unspecified atom stereocenters. The molecule has 10 nitrogen and oxygen atoms in total. The zero-order chi connectivity index (χ0) is 27.7. The summed E-state index contributed by atoms with van der Waals surface area (Å²) in [7, 11) is 1.35. The Labute approximate surface area is 213 Å². The molecule has 0 spiro atoms. The Bertz CT molecular complexity index is 1110. The van der Waals surface area contributed by atoms with Gasteiger partial charge in [0.2, 0.25) is 6.79 Å². The third-order valence-electron chi connectivity index (χ3n) is 5.05. The van der Waals surface area contributed by atoms with E-state index in [4.69, 9.17) is 23.7 Å². The van der Waals surface area contributed by atoms with Crippen molar-refractivity contribution in [2.24, 2.45) is 5.92 Å². The van der Waals surface area contributed by atoms with E-state index in [1.807, 2.05) is 0 Å². The van der Waals surface area contributed by atoms with Crippen molar-refractivity contribution in [1.82, 2.24) is 10.3 Å². The van der Waals surface area contributed by atoms with Gasteiger partial charge in [-0.1, -0.05) is 13.8 Å². The van der Waals surface area contributed by atoms with Crippen LogP contribution in [-0.4, -0.2) is 55.0 Å². The van der Waals surface area contributed by atoms with E-state index < -0.39 is 54.5 Å². The summed E-state index contributed by atoms with van der Waals surface area (Å²) in [5.41, 5.74) is -0.218. The number of amides is 1. The fourth-order valence-electron chi connectivity index (χ4n) is 3.23. The monoisotopic (exact) mass is 524 g/mol. The summed E-state index contributed by atoms with van der Waals surface area (Å²) in [6.07, 6.45) is -0.398. The van der Waals surface area contributed by atoms with Gasteiger partial charge in [-0.25, -0.2) is 18.6 Å². The number of benzene rings is 1. The summed E-state index contributed by atoms with van der Waals surface area (Å²) >= 11 is 0. The van der Waals surface area contributed by atoms with Crippen molar-refractivity contribution in [1.29, 1.82) is 0 Å². The second kappa shape index (κ2) is 13.4. The lowest BCUT2D eigenvalue weighted by Crippen LogP contribution is -2.44. The average molecular weight is 525 g/mol. The van der Waals surface area contributed by atoms with Crippen LogP contribution >= 0.6 is 0 Å². The second-order valence-electron chi connectivity index (χ2n) is 8.33. The highest BCUT2D eigenvalue weighted by Crippen LogP contribution is 2.29. The lowest BCUT2D eigenvalue weighted by Gasteiger charge is -2.29. The number of methoxy groups -OCH3 is 1. The average Bonchev–Trinajstić information content (AvgIpc) is 2.83. The third kappa shape index (κ3) is 8.29. The molecule has 0 saturated carbocycles. The predicted molar refractivity (Wildman–Crippen MR) is 126 cm³/mol. The molecular formula is C25H30F2N2O8. The molecule has 2 rings (SSSR count). The maximum absolute atomic E-state index is 14.1. The number of rotatable bonds is 12. The van der Waals surface area contributed by atoms with Crippen molar-refractivity contribution >= 4 is 17.8 Å². The van der Waals surface area contributed by atoms with E-state index in [9.17, 15) is 23.2 Å². The number of ether oxygens (including phenoxy) is 5. The Morgan fingerprint density at radius 1 is 1.05 bits per heavy atom. The first-order valence-corrected chi connectivity index (χ1v) is 11.4. The van der Waals surface area contributed by atoms with Crippen molar-refractivity contribution in [2.45, 2.75) is 52.9 Å². The van der Waals surface area contributed by atoms with Crippen LogP contribution in [0.3, 0.4) is 0 Å². The molecule has 0 fully saturated rings. The van der Waals surface area contributed by atoms with Crippen LogP contribution in [0.2, 0.25) is 0 Å². The number of nitrogens with one attached hydrogen (secondary N) is 1. The molecule has 1 heterocycles. The fourth-order valence-corrected chi connectivity index (χ4v) is 3.23. The lowest BCUT2D eigenvalue weighted by molar-refractivity contribution is -0.156. The largest absolute Gasteiger partial charge is 0.493 e. The first kappa shape index (κ1) is 29.3. The van der Waals surface area contributed by atoms with E-state index in [2.05, 4.69) is 10.3 Å². The Kier molecular flexibility index (Phi) is 10.6. The summed E-state index contributed by atoms with van der Waals surface area (Å²) in [5, 5.41) is 2.46. The van der Waals surface area contributed by atoms with Gasteiger partial charge in [0, 0.05) is 25.3 Å². The van der Waals surface area contributed by atoms with Crippen LogP contribution in [0.5, 0.6) is 17.2 Å². The molecule has 2 aromatic rings. The summed E-state index contributed by atoms with van der Waals surface area (Å²) in [6.45, 7) is 7.17. The van der Waals surface area contributed by atoms with Gasteiger partial charge in [0.1, 0.15) is 24.1 Å². The van der Waals surface area contributed by atoms with E-state index in [-0.39, 0.29) is 28.9 Å². The van der Waals surface area contributed by atoms with Gasteiger partial charge < -0.3 is 29.0 Å². The van der Waals surface area contributed by atoms with Crippen molar-refractivity contribution in [2.75, 3.05) is 13.9 Å². The normalized spacial score (nSPS) is 13.2. The molecule has 1 amide bonds. The summed E-state index contributed by atoms with van der Waals surface area (Å²) in [4.78, 5) is 40.6. The second-order valence-corrected chi connectivity index (χ2v) is 8.33. The van der Waals surface area contributed by atoms with E-state index in [1.165, 1.54) is 33.2 Å². The van der Waals surface area contributed by atoms with E-state index >= 15 is 0 Å². The van der Waals surface area contributed by atoms with Crippen molar-refractivity contribution in [3.63, 3.8) is 0 Å². The number of aromatic nitrogens is 1. The maximum atomic E-state index is 14.1. The minimum absolute atomic E-state index is 0.0944. The van der Waals surface area contributed by atoms with Gasteiger partial charge in [0.05, 0.1) is 7.11 Å². The van der Waals surface area contributed by atoms with Gasteiger partial charge in [-0.2, -0.15) is 0 Å². The number of halogens is 2. The maximum Gasteiger partial charge on any atom is 0.328 e.